The molecule has 33 heavy (non-hydrogen) atoms. The number of hydrogen-bond donors (Lipinski definition) is 1. The maximum absolute atomic E-state index is 12.8. The zero-order valence-electron chi connectivity index (χ0n) is 17.8. The molecule has 166 valence electrons. The van der Waals surface area contributed by atoms with E-state index in [0.717, 1.165) is 5.69 Å². The van der Waals surface area contributed by atoms with Gasteiger partial charge in [-0.05, 0) is 51.8 Å². The molecule has 0 saturated heterocycles. The molecule has 0 radical (unpaired) electrons. The van der Waals surface area contributed by atoms with E-state index in [0.29, 0.717) is 27.2 Å². The zero-order valence-corrected chi connectivity index (χ0v) is 19.4. The Hall–Kier alpha value is -4.28. The van der Waals surface area contributed by atoms with Gasteiger partial charge in [0.1, 0.15) is 28.9 Å². The van der Waals surface area contributed by atoms with Crippen LogP contribution in [0, 0.1) is 22.7 Å². The van der Waals surface area contributed by atoms with Crippen molar-refractivity contribution >= 4 is 22.1 Å². The number of nitriles is 2. The van der Waals surface area contributed by atoms with E-state index in [-0.39, 0.29) is 23.6 Å². The third-order valence-electron chi connectivity index (χ3n) is 4.70. The van der Waals surface area contributed by atoms with Gasteiger partial charge in [0, 0.05) is 13.3 Å². The summed E-state index contributed by atoms with van der Waals surface area (Å²) in [6.07, 6.45) is 1.40. The van der Waals surface area contributed by atoms with Crippen molar-refractivity contribution in [3.63, 3.8) is 0 Å². The van der Waals surface area contributed by atoms with E-state index < -0.39 is 0 Å². The van der Waals surface area contributed by atoms with E-state index >= 15 is 0 Å². The standard InChI is InChI=1S/C23H19BrN6O3/c1-29-19(22(24)23(31)30(29)16-6-4-3-5-7-16)14-33-20-9-8-15(10-21(20)32-2)13-28-18(12-26)17(27)11-25/h3-10,13H,14,27H2,1-2H3/b18-17-,28-13?. The lowest BCUT2D eigenvalue weighted by Gasteiger charge is -2.13. The topological polar surface area (TPSA) is 131 Å². The average Bonchev–Trinajstić information content (AvgIpc) is 3.06. The predicted molar refractivity (Wildman–Crippen MR) is 126 cm³/mol. The highest BCUT2D eigenvalue weighted by Gasteiger charge is 2.18. The molecule has 0 bridgehead atoms. The maximum atomic E-state index is 12.8. The number of hydrogen-bond acceptors (Lipinski definition) is 7. The summed E-state index contributed by atoms with van der Waals surface area (Å²) in [5.74, 6) is 0.882. The number of nitrogens with zero attached hydrogens (tertiary/aromatic N) is 5. The van der Waals surface area contributed by atoms with E-state index in [1.54, 1.807) is 46.7 Å². The van der Waals surface area contributed by atoms with Gasteiger partial charge in [-0.2, -0.15) is 10.5 Å². The number of nitrogens with two attached hydrogens (primary N) is 1. The Morgan fingerprint density at radius 3 is 2.55 bits per heavy atom. The number of rotatable bonds is 7. The van der Waals surface area contributed by atoms with Gasteiger partial charge < -0.3 is 15.2 Å². The van der Waals surface area contributed by atoms with Crippen LogP contribution in [0.4, 0.5) is 0 Å². The smallest absolute Gasteiger partial charge is 0.286 e. The van der Waals surface area contributed by atoms with E-state index in [4.69, 9.17) is 25.7 Å². The molecule has 10 heteroatoms. The molecule has 3 rings (SSSR count). The fraction of sp³-hybridized carbons (Fsp3) is 0.130. The molecule has 0 aliphatic heterocycles. The highest BCUT2D eigenvalue weighted by atomic mass is 79.9. The van der Waals surface area contributed by atoms with Crippen LogP contribution >= 0.6 is 15.9 Å². The Morgan fingerprint density at radius 1 is 1.18 bits per heavy atom. The van der Waals surface area contributed by atoms with Gasteiger partial charge in [0.25, 0.3) is 5.56 Å². The van der Waals surface area contributed by atoms with Gasteiger partial charge in [0.05, 0.1) is 18.5 Å². The van der Waals surface area contributed by atoms with Gasteiger partial charge in [0.2, 0.25) is 0 Å². The number of methoxy groups -OCH3 is 1. The van der Waals surface area contributed by atoms with Crippen molar-refractivity contribution in [2.45, 2.75) is 6.61 Å². The molecule has 0 saturated carbocycles. The molecular weight excluding hydrogens is 488 g/mol. The number of aromatic nitrogens is 2. The molecule has 9 nitrogen and oxygen atoms in total. The van der Waals surface area contributed by atoms with Crippen LogP contribution in [0.15, 0.2) is 74.2 Å². The molecule has 0 aliphatic rings. The Bertz CT molecular complexity index is 1370. The minimum Gasteiger partial charge on any atom is -0.493 e. The summed E-state index contributed by atoms with van der Waals surface area (Å²) in [4.78, 5) is 16.7. The number of halogens is 1. The quantitative estimate of drug-likeness (QED) is 0.386. The predicted octanol–water partition coefficient (Wildman–Crippen LogP) is 3.16. The van der Waals surface area contributed by atoms with Crippen LogP contribution in [0.3, 0.4) is 0 Å². The van der Waals surface area contributed by atoms with E-state index in [1.807, 2.05) is 30.3 Å². The van der Waals surface area contributed by atoms with Gasteiger partial charge in [-0.3, -0.25) is 9.48 Å². The summed E-state index contributed by atoms with van der Waals surface area (Å²) in [6, 6.07) is 17.8. The maximum Gasteiger partial charge on any atom is 0.286 e. The second kappa shape index (κ2) is 10.4. The normalized spacial score (nSPS) is 11.5. The van der Waals surface area contributed by atoms with Crippen LogP contribution in [0.25, 0.3) is 5.69 Å². The van der Waals surface area contributed by atoms with Crippen molar-refractivity contribution in [2.75, 3.05) is 7.11 Å². The summed E-state index contributed by atoms with van der Waals surface area (Å²) in [5.41, 5.74) is 6.81. The van der Waals surface area contributed by atoms with Crippen LogP contribution < -0.4 is 20.8 Å². The SMILES string of the molecule is COc1cc(C=N/C(C#N)=C(\N)C#N)ccc1OCc1c(Br)c(=O)n(-c2ccccc2)n1C. The highest BCUT2D eigenvalue weighted by molar-refractivity contribution is 9.10. The monoisotopic (exact) mass is 506 g/mol. The molecule has 1 heterocycles. The molecule has 0 fully saturated rings. The summed E-state index contributed by atoms with van der Waals surface area (Å²) in [5, 5.41) is 17.8. The van der Waals surface area contributed by atoms with Gasteiger partial charge in [0.15, 0.2) is 17.2 Å². The van der Waals surface area contributed by atoms with E-state index in [2.05, 4.69) is 20.9 Å². The fourth-order valence-electron chi connectivity index (χ4n) is 3.01. The van der Waals surface area contributed by atoms with Crippen molar-refractivity contribution in [1.82, 2.24) is 9.36 Å². The number of aliphatic imine (C=N–C) groups is 1. The van der Waals surface area contributed by atoms with Crippen LogP contribution in [0.2, 0.25) is 0 Å². The lowest BCUT2D eigenvalue weighted by molar-refractivity contribution is 0.274. The first-order valence-electron chi connectivity index (χ1n) is 9.57. The summed E-state index contributed by atoms with van der Waals surface area (Å²) >= 11 is 3.38. The van der Waals surface area contributed by atoms with Crippen LogP contribution in [-0.4, -0.2) is 22.7 Å². The summed E-state index contributed by atoms with van der Waals surface area (Å²) in [6.45, 7) is 0.107. The molecule has 0 spiro atoms. The first-order valence-corrected chi connectivity index (χ1v) is 10.4. The third kappa shape index (κ3) is 4.97. The molecule has 1 aromatic heterocycles. The minimum absolute atomic E-state index is 0.107. The molecular formula is C23H19BrN6O3. The van der Waals surface area contributed by atoms with Gasteiger partial charge >= 0.3 is 0 Å². The lowest BCUT2D eigenvalue weighted by Crippen LogP contribution is -2.19. The van der Waals surface area contributed by atoms with Crippen LogP contribution in [0.1, 0.15) is 11.3 Å². The fourth-order valence-corrected chi connectivity index (χ4v) is 3.55. The van der Waals surface area contributed by atoms with Crippen molar-refractivity contribution in [1.29, 1.82) is 10.5 Å². The van der Waals surface area contributed by atoms with Crippen LogP contribution in [-0.2, 0) is 13.7 Å². The largest absolute Gasteiger partial charge is 0.493 e. The number of para-hydroxylation sites is 1. The number of ether oxygens (including phenoxy) is 2. The Labute approximate surface area is 198 Å². The summed E-state index contributed by atoms with van der Waals surface area (Å²) in [7, 11) is 3.27. The first-order chi connectivity index (χ1) is 15.9. The number of benzene rings is 2. The second-order valence-electron chi connectivity index (χ2n) is 6.68. The Balaban J connectivity index is 1.85. The molecule has 3 aromatic rings. The molecule has 0 aliphatic carbocycles. The summed E-state index contributed by atoms with van der Waals surface area (Å²) < 4.78 is 15.0. The number of allylic oxidation sites excluding steroid dienone is 2. The Morgan fingerprint density at radius 2 is 1.91 bits per heavy atom. The van der Waals surface area contributed by atoms with Crippen molar-refractivity contribution in [3.8, 4) is 29.3 Å². The van der Waals surface area contributed by atoms with E-state index in [1.165, 1.54) is 13.3 Å². The zero-order chi connectivity index (χ0) is 24.0. The van der Waals surface area contributed by atoms with Gasteiger partial charge in [-0.1, -0.05) is 18.2 Å². The van der Waals surface area contributed by atoms with E-state index in [9.17, 15) is 4.79 Å². The molecule has 0 amide bonds. The lowest BCUT2D eigenvalue weighted by atomic mass is 10.2. The highest BCUT2D eigenvalue weighted by Crippen LogP contribution is 2.29. The molecule has 0 unspecified atom stereocenters. The second-order valence-corrected chi connectivity index (χ2v) is 7.47. The van der Waals surface area contributed by atoms with Crippen molar-refractivity contribution in [2.24, 2.45) is 17.8 Å². The van der Waals surface area contributed by atoms with Crippen molar-refractivity contribution < 1.29 is 9.47 Å². The Kier molecular flexibility index (Phi) is 7.34. The average molecular weight is 507 g/mol. The van der Waals surface area contributed by atoms with Crippen LogP contribution in [0.5, 0.6) is 11.5 Å². The molecule has 2 aromatic carbocycles. The van der Waals surface area contributed by atoms with Gasteiger partial charge in [-0.15, -0.1) is 0 Å². The minimum atomic E-state index is -0.265. The van der Waals surface area contributed by atoms with Crippen molar-refractivity contribution in [3.05, 3.63) is 86.0 Å². The first kappa shape index (κ1) is 23.4. The molecule has 2 N–H and O–H groups in total. The molecule has 0 atom stereocenters. The third-order valence-corrected chi connectivity index (χ3v) is 5.50. The van der Waals surface area contributed by atoms with Gasteiger partial charge in [-0.25, -0.2) is 9.67 Å².